The van der Waals surface area contributed by atoms with Gasteiger partial charge in [0.25, 0.3) is 11.8 Å². The molecule has 0 aliphatic carbocycles. The smallest absolute Gasteiger partial charge is 0.259 e. The van der Waals surface area contributed by atoms with E-state index in [0.29, 0.717) is 28.3 Å². The number of halogens is 1. The molecule has 0 bridgehead atoms. The topological polar surface area (TPSA) is 83.4 Å². The molecule has 7 heteroatoms. The number of aryl methyl sites for hydroxylation is 1. The van der Waals surface area contributed by atoms with Gasteiger partial charge in [0.05, 0.1) is 28.8 Å². The first-order chi connectivity index (χ1) is 15.5. The van der Waals surface area contributed by atoms with Crippen molar-refractivity contribution in [2.75, 3.05) is 16.0 Å². The molecule has 0 atom stereocenters. The summed E-state index contributed by atoms with van der Waals surface area (Å²) in [5.41, 5.74) is 2.48. The Hall–Kier alpha value is -4.39. The Bertz CT molecular complexity index is 1270. The van der Waals surface area contributed by atoms with Crippen LogP contribution in [-0.4, -0.2) is 11.8 Å². The molecule has 4 aromatic rings. The van der Waals surface area contributed by atoms with E-state index >= 15 is 0 Å². The molecule has 1 heterocycles. The Kier molecular flexibility index (Phi) is 5.98. The van der Waals surface area contributed by atoms with Crippen LogP contribution in [0.1, 0.15) is 26.5 Å². The molecule has 0 saturated carbocycles. The van der Waals surface area contributed by atoms with Crippen LogP contribution in [0.15, 0.2) is 89.5 Å². The number of benzene rings is 3. The van der Waals surface area contributed by atoms with Gasteiger partial charge in [0, 0.05) is 11.4 Å². The van der Waals surface area contributed by atoms with E-state index in [-0.39, 0.29) is 11.6 Å². The third-order valence-electron chi connectivity index (χ3n) is 4.80. The molecule has 2 amide bonds. The van der Waals surface area contributed by atoms with Crippen molar-refractivity contribution < 1.29 is 18.4 Å². The lowest BCUT2D eigenvalue weighted by Gasteiger charge is -2.13. The van der Waals surface area contributed by atoms with Crippen molar-refractivity contribution in [3.63, 3.8) is 0 Å². The van der Waals surface area contributed by atoms with Crippen LogP contribution in [0.25, 0.3) is 0 Å². The normalized spacial score (nSPS) is 10.4. The standard InChI is InChI=1S/C25H20FN3O3/c1-16-19(13-14-32-16)24(30)29-23-15-18(11-12-21(23)26)28-25(31)20-9-5-6-10-22(20)27-17-7-3-2-4-8-17/h2-15,27H,1H3,(H,28,31)(H,29,30). The number of hydrogen-bond donors (Lipinski definition) is 3. The first-order valence-corrected chi connectivity index (χ1v) is 9.89. The average Bonchev–Trinajstić information content (AvgIpc) is 3.23. The van der Waals surface area contributed by atoms with Crippen molar-refractivity contribution in [2.24, 2.45) is 0 Å². The van der Waals surface area contributed by atoms with E-state index in [4.69, 9.17) is 4.42 Å². The Morgan fingerprint density at radius 3 is 2.22 bits per heavy atom. The Labute approximate surface area is 184 Å². The second-order valence-corrected chi connectivity index (χ2v) is 7.03. The first kappa shape index (κ1) is 20.9. The monoisotopic (exact) mass is 429 g/mol. The zero-order valence-electron chi connectivity index (χ0n) is 17.2. The minimum absolute atomic E-state index is 0.0518. The van der Waals surface area contributed by atoms with Crippen molar-refractivity contribution in [1.29, 1.82) is 0 Å². The van der Waals surface area contributed by atoms with Crippen LogP contribution in [0.2, 0.25) is 0 Å². The quantitative estimate of drug-likeness (QED) is 0.352. The summed E-state index contributed by atoms with van der Waals surface area (Å²) in [6.45, 7) is 1.64. The van der Waals surface area contributed by atoms with Gasteiger partial charge < -0.3 is 20.4 Å². The van der Waals surface area contributed by atoms with E-state index in [1.807, 2.05) is 36.4 Å². The van der Waals surface area contributed by atoms with E-state index in [1.165, 1.54) is 30.5 Å². The molecule has 4 rings (SSSR count). The number of carbonyl (C=O) groups excluding carboxylic acids is 2. The van der Waals surface area contributed by atoms with Crippen LogP contribution >= 0.6 is 0 Å². The number of para-hydroxylation sites is 2. The highest BCUT2D eigenvalue weighted by atomic mass is 19.1. The molecule has 0 saturated heterocycles. The fraction of sp³-hybridized carbons (Fsp3) is 0.0400. The number of furan rings is 1. The fourth-order valence-electron chi connectivity index (χ4n) is 3.17. The van der Waals surface area contributed by atoms with Gasteiger partial charge in [-0.25, -0.2) is 4.39 Å². The van der Waals surface area contributed by atoms with Crippen molar-refractivity contribution >= 4 is 34.6 Å². The second kappa shape index (κ2) is 9.18. The SMILES string of the molecule is Cc1occc1C(=O)Nc1cc(NC(=O)c2ccccc2Nc2ccccc2)ccc1F. The molecule has 32 heavy (non-hydrogen) atoms. The Morgan fingerprint density at radius 1 is 0.750 bits per heavy atom. The molecule has 6 nitrogen and oxygen atoms in total. The van der Waals surface area contributed by atoms with Gasteiger partial charge >= 0.3 is 0 Å². The third-order valence-corrected chi connectivity index (χ3v) is 4.80. The van der Waals surface area contributed by atoms with Gasteiger partial charge in [-0.15, -0.1) is 0 Å². The van der Waals surface area contributed by atoms with E-state index in [9.17, 15) is 14.0 Å². The van der Waals surface area contributed by atoms with Crippen molar-refractivity contribution in [1.82, 2.24) is 0 Å². The number of anilines is 4. The van der Waals surface area contributed by atoms with E-state index in [0.717, 1.165) is 5.69 Å². The molecule has 0 fully saturated rings. The van der Waals surface area contributed by atoms with Gasteiger partial charge in [0.2, 0.25) is 0 Å². The highest BCUT2D eigenvalue weighted by Gasteiger charge is 2.16. The Morgan fingerprint density at radius 2 is 1.47 bits per heavy atom. The van der Waals surface area contributed by atoms with Crippen LogP contribution in [-0.2, 0) is 0 Å². The lowest BCUT2D eigenvalue weighted by molar-refractivity contribution is 0.101. The summed E-state index contributed by atoms with van der Waals surface area (Å²) in [7, 11) is 0. The molecule has 160 valence electrons. The van der Waals surface area contributed by atoms with Crippen LogP contribution in [0.4, 0.5) is 27.1 Å². The number of rotatable bonds is 6. The molecule has 0 unspecified atom stereocenters. The summed E-state index contributed by atoms with van der Waals surface area (Å²) in [5, 5.41) is 8.49. The molecule has 0 radical (unpaired) electrons. The molecular formula is C25H20FN3O3. The predicted molar refractivity (Wildman–Crippen MR) is 122 cm³/mol. The first-order valence-electron chi connectivity index (χ1n) is 9.89. The average molecular weight is 429 g/mol. The molecular weight excluding hydrogens is 409 g/mol. The Balaban J connectivity index is 1.52. The van der Waals surface area contributed by atoms with Crippen LogP contribution < -0.4 is 16.0 Å². The number of carbonyl (C=O) groups is 2. The number of hydrogen-bond acceptors (Lipinski definition) is 4. The largest absolute Gasteiger partial charge is 0.469 e. The zero-order chi connectivity index (χ0) is 22.5. The van der Waals surface area contributed by atoms with Gasteiger partial charge in [-0.3, -0.25) is 9.59 Å². The molecule has 1 aromatic heterocycles. The van der Waals surface area contributed by atoms with Gasteiger partial charge in [0.1, 0.15) is 11.6 Å². The van der Waals surface area contributed by atoms with Crippen molar-refractivity contribution in [2.45, 2.75) is 6.92 Å². The molecule has 0 aliphatic heterocycles. The minimum atomic E-state index is -0.622. The summed E-state index contributed by atoms with van der Waals surface area (Å²) in [6, 6.07) is 22.0. The number of amides is 2. The summed E-state index contributed by atoms with van der Waals surface area (Å²) < 4.78 is 19.4. The second-order valence-electron chi connectivity index (χ2n) is 7.03. The highest BCUT2D eigenvalue weighted by Crippen LogP contribution is 2.24. The maximum absolute atomic E-state index is 14.3. The van der Waals surface area contributed by atoms with Crippen LogP contribution in [0.5, 0.6) is 0 Å². The van der Waals surface area contributed by atoms with E-state index < -0.39 is 11.7 Å². The molecule has 3 N–H and O–H groups in total. The lowest BCUT2D eigenvalue weighted by Crippen LogP contribution is -2.16. The van der Waals surface area contributed by atoms with Gasteiger partial charge in [0.15, 0.2) is 0 Å². The molecule has 0 spiro atoms. The third kappa shape index (κ3) is 4.67. The predicted octanol–water partition coefficient (Wildman–Crippen LogP) is 5.98. The van der Waals surface area contributed by atoms with Gasteiger partial charge in [-0.2, -0.15) is 0 Å². The minimum Gasteiger partial charge on any atom is -0.469 e. The summed E-state index contributed by atoms with van der Waals surface area (Å²) >= 11 is 0. The zero-order valence-corrected chi connectivity index (χ0v) is 17.2. The van der Waals surface area contributed by atoms with Crippen LogP contribution in [0, 0.1) is 12.7 Å². The summed E-state index contributed by atoms with van der Waals surface area (Å²) in [4.78, 5) is 25.3. The summed E-state index contributed by atoms with van der Waals surface area (Å²) in [6.07, 6.45) is 1.39. The van der Waals surface area contributed by atoms with Crippen LogP contribution in [0.3, 0.4) is 0 Å². The fourth-order valence-corrected chi connectivity index (χ4v) is 3.17. The van der Waals surface area contributed by atoms with Crippen molar-refractivity contribution in [3.8, 4) is 0 Å². The number of nitrogens with one attached hydrogen (secondary N) is 3. The van der Waals surface area contributed by atoms with Gasteiger partial charge in [-0.1, -0.05) is 30.3 Å². The van der Waals surface area contributed by atoms with E-state index in [2.05, 4.69) is 16.0 Å². The molecule has 3 aromatic carbocycles. The van der Waals surface area contributed by atoms with Crippen molar-refractivity contribution in [3.05, 3.63) is 108 Å². The maximum atomic E-state index is 14.3. The molecule has 0 aliphatic rings. The highest BCUT2D eigenvalue weighted by molar-refractivity contribution is 6.09. The van der Waals surface area contributed by atoms with Gasteiger partial charge in [-0.05, 0) is 55.5 Å². The summed E-state index contributed by atoms with van der Waals surface area (Å²) in [5.74, 6) is -1.08. The lowest BCUT2D eigenvalue weighted by atomic mass is 10.1. The van der Waals surface area contributed by atoms with E-state index in [1.54, 1.807) is 25.1 Å². The maximum Gasteiger partial charge on any atom is 0.259 e.